The zero-order chi connectivity index (χ0) is 13.5. The minimum atomic E-state index is -0.0219. The average Bonchev–Trinajstić information content (AvgIpc) is 2.38. The highest BCUT2D eigenvalue weighted by atomic mass is 16.5. The van der Waals surface area contributed by atoms with Crippen molar-refractivity contribution in [3.63, 3.8) is 0 Å². The lowest BCUT2D eigenvalue weighted by Gasteiger charge is -2.25. The van der Waals surface area contributed by atoms with Crippen molar-refractivity contribution >= 4 is 11.7 Å². The second-order valence-electron chi connectivity index (χ2n) is 4.89. The summed E-state index contributed by atoms with van der Waals surface area (Å²) in [6.07, 6.45) is 5.93. The summed E-state index contributed by atoms with van der Waals surface area (Å²) in [7, 11) is 1.61. The smallest absolute Gasteiger partial charge is 0.321 e. The van der Waals surface area contributed by atoms with Crippen LogP contribution in [0.2, 0.25) is 0 Å². The number of methoxy groups -OCH3 is 1. The fourth-order valence-corrected chi connectivity index (χ4v) is 2.39. The van der Waals surface area contributed by atoms with Crippen molar-refractivity contribution in [3.05, 3.63) is 24.3 Å². The van der Waals surface area contributed by atoms with E-state index in [4.69, 9.17) is 4.74 Å². The number of carbonyl (C=O) groups excluding carboxylic acids is 1. The van der Waals surface area contributed by atoms with Crippen molar-refractivity contribution < 1.29 is 9.53 Å². The first kappa shape index (κ1) is 13.7. The Labute approximate surface area is 114 Å². The second-order valence-corrected chi connectivity index (χ2v) is 4.89. The van der Waals surface area contributed by atoms with Crippen molar-refractivity contribution in [2.75, 3.05) is 25.5 Å². The molecule has 2 amide bonds. The maximum Gasteiger partial charge on any atom is 0.321 e. The molecule has 1 aromatic carbocycles. The lowest BCUT2D eigenvalue weighted by molar-refractivity contribution is 0.206. The number of likely N-dealkylation sites (tertiary alicyclic amines) is 1. The van der Waals surface area contributed by atoms with Crippen LogP contribution in [0.25, 0.3) is 0 Å². The van der Waals surface area contributed by atoms with Gasteiger partial charge >= 0.3 is 6.03 Å². The molecule has 4 nitrogen and oxygen atoms in total. The van der Waals surface area contributed by atoms with Crippen LogP contribution in [0, 0.1) is 0 Å². The molecule has 0 saturated carbocycles. The Kier molecular flexibility index (Phi) is 5.07. The normalized spacial score (nSPS) is 16.4. The molecule has 1 fully saturated rings. The Morgan fingerprint density at radius 3 is 2.42 bits per heavy atom. The number of urea groups is 1. The van der Waals surface area contributed by atoms with Gasteiger partial charge in [-0.25, -0.2) is 4.79 Å². The van der Waals surface area contributed by atoms with Crippen molar-refractivity contribution in [3.8, 4) is 5.75 Å². The van der Waals surface area contributed by atoms with E-state index in [1.54, 1.807) is 7.11 Å². The van der Waals surface area contributed by atoms with E-state index in [0.29, 0.717) is 5.75 Å². The van der Waals surface area contributed by atoms with Gasteiger partial charge in [0.25, 0.3) is 0 Å². The molecule has 1 aliphatic rings. The first-order valence-corrected chi connectivity index (χ1v) is 7.00. The van der Waals surface area contributed by atoms with Crippen LogP contribution in [0.3, 0.4) is 0 Å². The minimum absolute atomic E-state index is 0.0219. The Balaban J connectivity index is 1.98. The third-order valence-corrected chi connectivity index (χ3v) is 3.49. The quantitative estimate of drug-likeness (QED) is 0.886. The highest BCUT2D eigenvalue weighted by Crippen LogP contribution is 2.23. The number of hydrogen-bond donors (Lipinski definition) is 1. The van der Waals surface area contributed by atoms with Gasteiger partial charge in [0.1, 0.15) is 5.75 Å². The molecule has 0 bridgehead atoms. The third-order valence-electron chi connectivity index (χ3n) is 3.49. The Morgan fingerprint density at radius 2 is 1.74 bits per heavy atom. The molecule has 1 aliphatic heterocycles. The van der Waals surface area contributed by atoms with E-state index in [-0.39, 0.29) is 6.03 Å². The van der Waals surface area contributed by atoms with Crippen LogP contribution < -0.4 is 10.1 Å². The number of hydrogen-bond acceptors (Lipinski definition) is 2. The van der Waals surface area contributed by atoms with Gasteiger partial charge < -0.3 is 15.0 Å². The number of amides is 2. The summed E-state index contributed by atoms with van der Waals surface area (Å²) < 4.78 is 5.24. The van der Waals surface area contributed by atoms with Crippen LogP contribution in [-0.4, -0.2) is 31.1 Å². The van der Waals surface area contributed by atoms with E-state index in [1.165, 1.54) is 19.3 Å². The van der Waals surface area contributed by atoms with Gasteiger partial charge in [-0.3, -0.25) is 0 Å². The minimum Gasteiger partial charge on any atom is -0.495 e. The Morgan fingerprint density at radius 1 is 1.11 bits per heavy atom. The zero-order valence-electron chi connectivity index (χ0n) is 11.5. The molecule has 0 radical (unpaired) electrons. The van der Waals surface area contributed by atoms with Gasteiger partial charge in [0, 0.05) is 13.1 Å². The second kappa shape index (κ2) is 7.02. The lowest BCUT2D eigenvalue weighted by Crippen LogP contribution is -2.37. The number of ether oxygens (including phenoxy) is 1. The molecule has 1 N–H and O–H groups in total. The van der Waals surface area contributed by atoms with Gasteiger partial charge in [-0.15, -0.1) is 0 Å². The summed E-state index contributed by atoms with van der Waals surface area (Å²) in [5.41, 5.74) is 0.733. The molecule has 1 saturated heterocycles. The molecule has 19 heavy (non-hydrogen) atoms. The SMILES string of the molecule is COc1ccccc1NC(=O)N1CCCCCCC1. The highest BCUT2D eigenvalue weighted by Gasteiger charge is 2.15. The van der Waals surface area contributed by atoms with Crippen LogP contribution in [0.1, 0.15) is 32.1 Å². The molecular formula is C15H22N2O2. The van der Waals surface area contributed by atoms with E-state index in [2.05, 4.69) is 5.32 Å². The van der Waals surface area contributed by atoms with Crippen LogP contribution in [0.4, 0.5) is 10.5 Å². The van der Waals surface area contributed by atoms with E-state index in [9.17, 15) is 4.79 Å². The maximum atomic E-state index is 12.3. The first-order chi connectivity index (χ1) is 9.31. The lowest BCUT2D eigenvalue weighted by atomic mass is 10.1. The molecule has 1 heterocycles. The average molecular weight is 262 g/mol. The van der Waals surface area contributed by atoms with Gasteiger partial charge in [0.2, 0.25) is 0 Å². The number of nitrogens with one attached hydrogen (secondary N) is 1. The molecule has 104 valence electrons. The Hall–Kier alpha value is -1.71. The van der Waals surface area contributed by atoms with Crippen molar-refractivity contribution in [2.45, 2.75) is 32.1 Å². The number of benzene rings is 1. The van der Waals surface area contributed by atoms with Gasteiger partial charge in [0.05, 0.1) is 12.8 Å². The monoisotopic (exact) mass is 262 g/mol. The van der Waals surface area contributed by atoms with E-state index in [1.807, 2.05) is 29.2 Å². The predicted octanol–water partition coefficient (Wildman–Crippen LogP) is 3.49. The molecular weight excluding hydrogens is 240 g/mol. The van der Waals surface area contributed by atoms with Crippen LogP contribution >= 0.6 is 0 Å². The summed E-state index contributed by atoms with van der Waals surface area (Å²) in [4.78, 5) is 14.2. The summed E-state index contributed by atoms with van der Waals surface area (Å²) in [6.45, 7) is 1.70. The van der Waals surface area contributed by atoms with Gasteiger partial charge in [0.15, 0.2) is 0 Å². The van der Waals surface area contributed by atoms with E-state index in [0.717, 1.165) is 31.6 Å². The summed E-state index contributed by atoms with van der Waals surface area (Å²) in [5, 5.41) is 2.94. The van der Waals surface area contributed by atoms with E-state index >= 15 is 0 Å². The fraction of sp³-hybridized carbons (Fsp3) is 0.533. The third kappa shape index (κ3) is 3.88. The highest BCUT2D eigenvalue weighted by molar-refractivity contribution is 5.90. The molecule has 0 atom stereocenters. The largest absolute Gasteiger partial charge is 0.495 e. The van der Waals surface area contributed by atoms with Gasteiger partial charge in [-0.1, -0.05) is 31.4 Å². The molecule has 2 rings (SSSR count). The maximum absolute atomic E-state index is 12.3. The molecule has 1 aromatic rings. The summed E-state index contributed by atoms with van der Waals surface area (Å²) >= 11 is 0. The van der Waals surface area contributed by atoms with Crippen LogP contribution in [-0.2, 0) is 0 Å². The molecule has 0 spiro atoms. The molecule has 0 aliphatic carbocycles. The number of para-hydroxylation sites is 2. The van der Waals surface area contributed by atoms with Crippen molar-refractivity contribution in [1.29, 1.82) is 0 Å². The van der Waals surface area contributed by atoms with Crippen LogP contribution in [0.15, 0.2) is 24.3 Å². The standard InChI is InChI=1S/C15H22N2O2/c1-19-14-10-6-5-9-13(14)16-15(18)17-11-7-3-2-4-8-12-17/h5-6,9-10H,2-4,7-8,11-12H2,1H3,(H,16,18). The number of carbonyl (C=O) groups is 1. The number of nitrogens with zero attached hydrogens (tertiary/aromatic N) is 1. The molecule has 0 aromatic heterocycles. The van der Waals surface area contributed by atoms with E-state index < -0.39 is 0 Å². The predicted molar refractivity (Wildman–Crippen MR) is 76.7 cm³/mol. The first-order valence-electron chi connectivity index (χ1n) is 7.00. The summed E-state index contributed by atoms with van der Waals surface area (Å²) in [6, 6.07) is 7.48. The summed E-state index contributed by atoms with van der Waals surface area (Å²) in [5.74, 6) is 0.697. The Bertz CT molecular complexity index is 412. The van der Waals surface area contributed by atoms with Crippen LogP contribution in [0.5, 0.6) is 5.75 Å². The zero-order valence-corrected chi connectivity index (χ0v) is 11.5. The van der Waals surface area contributed by atoms with Crippen molar-refractivity contribution in [2.24, 2.45) is 0 Å². The number of anilines is 1. The molecule has 4 heteroatoms. The fourth-order valence-electron chi connectivity index (χ4n) is 2.39. The topological polar surface area (TPSA) is 41.6 Å². The van der Waals surface area contributed by atoms with Gasteiger partial charge in [-0.2, -0.15) is 0 Å². The molecule has 0 unspecified atom stereocenters. The van der Waals surface area contributed by atoms with Crippen molar-refractivity contribution in [1.82, 2.24) is 4.90 Å². The van der Waals surface area contributed by atoms with Gasteiger partial charge in [-0.05, 0) is 25.0 Å². The number of rotatable bonds is 2.